The van der Waals surface area contributed by atoms with Crippen molar-refractivity contribution in [3.05, 3.63) is 29.8 Å². The second-order valence-corrected chi connectivity index (χ2v) is 8.65. The predicted molar refractivity (Wildman–Crippen MR) is 88.8 cm³/mol. The number of rotatable bonds is 5. The molecule has 1 saturated carbocycles. The number of nitrogens with zero attached hydrogens (tertiary/aromatic N) is 1. The molecule has 2 unspecified atom stereocenters. The molecule has 1 aliphatic carbocycles. The summed E-state index contributed by atoms with van der Waals surface area (Å²) < 4.78 is 32.5. The Hall–Kier alpha value is -1.11. The van der Waals surface area contributed by atoms with Crippen molar-refractivity contribution in [2.75, 3.05) is 19.4 Å². The Bertz CT molecular complexity index is 640. The van der Waals surface area contributed by atoms with E-state index in [9.17, 15) is 13.5 Å². The van der Waals surface area contributed by atoms with Gasteiger partial charge in [0.2, 0.25) is 10.0 Å². The van der Waals surface area contributed by atoms with Crippen molar-refractivity contribution >= 4 is 10.0 Å². The number of sulfonamides is 1. The van der Waals surface area contributed by atoms with E-state index in [1.807, 2.05) is 24.3 Å². The third kappa shape index (κ3) is 3.70. The molecule has 5 nitrogen and oxygen atoms in total. The van der Waals surface area contributed by atoms with Crippen molar-refractivity contribution in [1.29, 1.82) is 0 Å². The number of aliphatic hydroxyl groups is 1. The van der Waals surface area contributed by atoms with Crippen LogP contribution in [-0.4, -0.2) is 43.3 Å². The average molecular weight is 339 g/mol. The number of ether oxygens (including phenoxy) is 1. The van der Waals surface area contributed by atoms with Gasteiger partial charge in [-0.25, -0.2) is 8.42 Å². The third-order valence-electron chi connectivity index (χ3n) is 4.99. The van der Waals surface area contributed by atoms with E-state index < -0.39 is 16.1 Å². The highest BCUT2D eigenvalue weighted by Gasteiger charge is 2.40. The van der Waals surface area contributed by atoms with Crippen LogP contribution in [0.15, 0.2) is 24.3 Å². The lowest BCUT2D eigenvalue weighted by molar-refractivity contribution is 0.188. The van der Waals surface area contributed by atoms with Crippen molar-refractivity contribution in [3.8, 4) is 5.75 Å². The molecule has 2 fully saturated rings. The van der Waals surface area contributed by atoms with Crippen LogP contribution in [0.3, 0.4) is 0 Å². The van der Waals surface area contributed by atoms with Gasteiger partial charge in [-0.05, 0) is 42.9 Å². The second kappa shape index (κ2) is 6.79. The quantitative estimate of drug-likeness (QED) is 0.894. The number of hydrogen-bond donors (Lipinski definition) is 1. The topological polar surface area (TPSA) is 66.8 Å². The first-order chi connectivity index (χ1) is 11.0. The number of hydrogen-bond acceptors (Lipinski definition) is 4. The summed E-state index contributed by atoms with van der Waals surface area (Å²) in [5.41, 5.74) is 0.885. The Kier molecular flexibility index (Phi) is 4.94. The Morgan fingerprint density at radius 3 is 2.74 bits per heavy atom. The summed E-state index contributed by atoms with van der Waals surface area (Å²) in [7, 11) is -1.77. The predicted octanol–water partition coefficient (Wildman–Crippen LogP) is 2.32. The Balaban J connectivity index is 1.83. The van der Waals surface area contributed by atoms with E-state index in [0.717, 1.165) is 31.2 Å². The van der Waals surface area contributed by atoms with Crippen LogP contribution in [0.2, 0.25) is 0 Å². The molecule has 1 N–H and O–H groups in total. The van der Waals surface area contributed by atoms with E-state index in [1.54, 1.807) is 7.11 Å². The van der Waals surface area contributed by atoms with Crippen molar-refractivity contribution in [3.63, 3.8) is 0 Å². The Morgan fingerprint density at radius 2 is 2.04 bits per heavy atom. The third-order valence-corrected chi connectivity index (χ3v) is 7.00. The van der Waals surface area contributed by atoms with Gasteiger partial charge >= 0.3 is 0 Å². The maximum absolute atomic E-state index is 12.9. The minimum absolute atomic E-state index is 0.191. The zero-order chi connectivity index (χ0) is 16.4. The number of benzene rings is 1. The maximum atomic E-state index is 12.9. The SMILES string of the molecule is COc1cccc(C2CC(O)CN2S(=O)(=O)CC2CCCC2)c1. The molecule has 0 bridgehead atoms. The maximum Gasteiger partial charge on any atom is 0.215 e. The van der Waals surface area contributed by atoms with Gasteiger partial charge in [0, 0.05) is 6.54 Å². The van der Waals surface area contributed by atoms with Gasteiger partial charge in [-0.1, -0.05) is 25.0 Å². The fraction of sp³-hybridized carbons (Fsp3) is 0.647. The Labute approximate surface area is 138 Å². The van der Waals surface area contributed by atoms with Gasteiger partial charge < -0.3 is 9.84 Å². The summed E-state index contributed by atoms with van der Waals surface area (Å²) in [4.78, 5) is 0. The summed E-state index contributed by atoms with van der Waals surface area (Å²) >= 11 is 0. The largest absolute Gasteiger partial charge is 0.497 e. The van der Waals surface area contributed by atoms with Crippen molar-refractivity contribution in [2.45, 2.75) is 44.2 Å². The molecule has 2 atom stereocenters. The number of methoxy groups -OCH3 is 1. The molecule has 23 heavy (non-hydrogen) atoms. The first-order valence-corrected chi connectivity index (χ1v) is 9.92. The van der Waals surface area contributed by atoms with Crippen molar-refractivity contribution in [2.24, 2.45) is 5.92 Å². The van der Waals surface area contributed by atoms with Gasteiger partial charge in [-0.3, -0.25) is 0 Å². The van der Waals surface area contributed by atoms with E-state index in [4.69, 9.17) is 4.74 Å². The van der Waals surface area contributed by atoms with Crippen LogP contribution in [0.4, 0.5) is 0 Å². The zero-order valence-corrected chi connectivity index (χ0v) is 14.3. The van der Waals surface area contributed by atoms with Crippen LogP contribution < -0.4 is 4.74 Å². The molecular formula is C17H25NO4S. The molecule has 0 spiro atoms. The van der Waals surface area contributed by atoms with E-state index in [1.165, 1.54) is 4.31 Å². The molecule has 1 heterocycles. The van der Waals surface area contributed by atoms with Crippen LogP contribution in [0, 0.1) is 5.92 Å². The molecule has 0 aromatic heterocycles. The van der Waals surface area contributed by atoms with Gasteiger partial charge in [0.25, 0.3) is 0 Å². The molecule has 1 aromatic rings. The van der Waals surface area contributed by atoms with E-state index >= 15 is 0 Å². The lowest BCUT2D eigenvalue weighted by Crippen LogP contribution is -2.35. The molecule has 1 aromatic carbocycles. The first-order valence-electron chi connectivity index (χ1n) is 8.31. The normalized spacial score (nSPS) is 26.7. The molecule has 2 aliphatic rings. The summed E-state index contributed by atoms with van der Waals surface area (Å²) in [6.07, 6.45) is 4.09. The minimum atomic E-state index is -3.36. The van der Waals surface area contributed by atoms with E-state index in [-0.39, 0.29) is 24.3 Å². The van der Waals surface area contributed by atoms with Crippen LogP contribution >= 0.6 is 0 Å². The van der Waals surface area contributed by atoms with Crippen LogP contribution in [-0.2, 0) is 10.0 Å². The lowest BCUT2D eigenvalue weighted by Gasteiger charge is -2.25. The minimum Gasteiger partial charge on any atom is -0.497 e. The van der Waals surface area contributed by atoms with Crippen LogP contribution in [0.5, 0.6) is 5.75 Å². The summed E-state index contributed by atoms with van der Waals surface area (Å²) in [6, 6.07) is 7.17. The molecule has 1 saturated heterocycles. The fourth-order valence-electron chi connectivity index (χ4n) is 3.81. The average Bonchev–Trinajstić information content (AvgIpc) is 3.16. The van der Waals surface area contributed by atoms with Crippen molar-refractivity contribution < 1.29 is 18.3 Å². The van der Waals surface area contributed by atoms with Gasteiger partial charge in [0.1, 0.15) is 5.75 Å². The molecule has 0 radical (unpaired) electrons. The van der Waals surface area contributed by atoms with Crippen LogP contribution in [0.1, 0.15) is 43.7 Å². The zero-order valence-electron chi connectivity index (χ0n) is 13.5. The van der Waals surface area contributed by atoms with Gasteiger partial charge in [-0.2, -0.15) is 4.31 Å². The Morgan fingerprint density at radius 1 is 1.30 bits per heavy atom. The molecule has 6 heteroatoms. The summed E-state index contributed by atoms with van der Waals surface area (Å²) in [6.45, 7) is 0.191. The van der Waals surface area contributed by atoms with E-state index in [2.05, 4.69) is 0 Å². The molecular weight excluding hydrogens is 314 g/mol. The summed E-state index contributed by atoms with van der Waals surface area (Å²) in [5.74, 6) is 1.18. The highest BCUT2D eigenvalue weighted by molar-refractivity contribution is 7.89. The molecule has 128 valence electrons. The fourth-order valence-corrected chi connectivity index (χ4v) is 5.93. The smallest absolute Gasteiger partial charge is 0.215 e. The molecule has 0 amide bonds. The second-order valence-electron chi connectivity index (χ2n) is 6.68. The summed E-state index contributed by atoms with van der Waals surface area (Å²) in [5, 5.41) is 10.0. The van der Waals surface area contributed by atoms with Gasteiger partial charge in [0.05, 0.1) is 25.0 Å². The van der Waals surface area contributed by atoms with Crippen LogP contribution in [0.25, 0.3) is 0 Å². The lowest BCUT2D eigenvalue weighted by atomic mass is 10.0. The van der Waals surface area contributed by atoms with Gasteiger partial charge in [-0.15, -0.1) is 0 Å². The highest BCUT2D eigenvalue weighted by Crippen LogP contribution is 2.37. The van der Waals surface area contributed by atoms with Gasteiger partial charge in [0.15, 0.2) is 0 Å². The highest BCUT2D eigenvalue weighted by atomic mass is 32.2. The number of aliphatic hydroxyl groups excluding tert-OH is 1. The molecule has 1 aliphatic heterocycles. The number of β-amino-alcohol motifs (C(OH)–C–C–N with tert-alkyl or cyclic N) is 1. The standard InChI is InChI=1S/C17H25NO4S/c1-22-16-8-4-7-14(9-16)17-10-15(19)11-18(17)23(20,21)12-13-5-2-3-6-13/h4,7-9,13,15,17,19H,2-3,5-6,10-12H2,1H3. The first kappa shape index (κ1) is 16.7. The molecule has 3 rings (SSSR count). The van der Waals surface area contributed by atoms with Crippen molar-refractivity contribution in [1.82, 2.24) is 4.31 Å². The van der Waals surface area contributed by atoms with E-state index in [0.29, 0.717) is 12.2 Å². The monoisotopic (exact) mass is 339 g/mol.